The minimum Gasteiger partial charge on any atom is -0.481 e. The molecular formula is C18H28N2O5. The summed E-state index contributed by atoms with van der Waals surface area (Å²) >= 11 is 0. The van der Waals surface area contributed by atoms with E-state index in [-0.39, 0.29) is 29.6 Å². The second-order valence-corrected chi connectivity index (χ2v) is 7.96. The van der Waals surface area contributed by atoms with Crippen molar-refractivity contribution >= 4 is 17.8 Å². The number of nitrogens with zero attached hydrogens (tertiary/aromatic N) is 2. The Balaban J connectivity index is 1.61. The highest BCUT2D eigenvalue weighted by atomic mass is 16.5. The number of fused-ring (bicyclic) bond motifs is 1. The van der Waals surface area contributed by atoms with Crippen LogP contribution in [0.25, 0.3) is 0 Å². The SMILES string of the molecule is CC(C)C(=O)N1CCC(C(=O)N2C[C@H]3COCC[C@@]3(C(=O)O)C2)CC1. The summed E-state index contributed by atoms with van der Waals surface area (Å²) in [5.74, 6) is -0.877. The van der Waals surface area contributed by atoms with Gasteiger partial charge >= 0.3 is 5.97 Å². The van der Waals surface area contributed by atoms with Gasteiger partial charge in [0.25, 0.3) is 0 Å². The molecule has 0 bridgehead atoms. The Hall–Kier alpha value is -1.63. The average molecular weight is 352 g/mol. The molecule has 1 N–H and O–H groups in total. The Morgan fingerprint density at radius 2 is 1.84 bits per heavy atom. The quantitative estimate of drug-likeness (QED) is 0.813. The lowest BCUT2D eigenvalue weighted by Gasteiger charge is -2.35. The van der Waals surface area contributed by atoms with Crippen molar-refractivity contribution in [3.05, 3.63) is 0 Å². The van der Waals surface area contributed by atoms with Gasteiger partial charge in [0.05, 0.1) is 12.0 Å². The summed E-state index contributed by atoms with van der Waals surface area (Å²) in [5, 5.41) is 9.72. The molecule has 3 saturated heterocycles. The fourth-order valence-electron chi connectivity index (χ4n) is 4.44. The molecule has 2 atom stereocenters. The Bertz CT molecular complexity index is 556. The molecule has 3 fully saturated rings. The predicted octanol–water partition coefficient (Wildman–Crippen LogP) is 0.831. The van der Waals surface area contributed by atoms with Gasteiger partial charge in [0.1, 0.15) is 0 Å². The average Bonchev–Trinajstić information content (AvgIpc) is 3.01. The van der Waals surface area contributed by atoms with Crippen LogP contribution < -0.4 is 0 Å². The van der Waals surface area contributed by atoms with Crippen LogP contribution in [0.5, 0.6) is 0 Å². The Kier molecular flexibility index (Phi) is 5.04. The first-order valence-corrected chi connectivity index (χ1v) is 9.24. The van der Waals surface area contributed by atoms with E-state index in [0.29, 0.717) is 58.7 Å². The van der Waals surface area contributed by atoms with Gasteiger partial charge in [-0.2, -0.15) is 0 Å². The van der Waals surface area contributed by atoms with Gasteiger partial charge in [-0.3, -0.25) is 14.4 Å². The number of ether oxygens (including phenoxy) is 1. The van der Waals surface area contributed by atoms with Crippen molar-refractivity contribution in [1.29, 1.82) is 0 Å². The molecule has 0 aromatic carbocycles. The van der Waals surface area contributed by atoms with Crippen molar-refractivity contribution in [3.8, 4) is 0 Å². The largest absolute Gasteiger partial charge is 0.481 e. The van der Waals surface area contributed by atoms with Crippen molar-refractivity contribution in [2.45, 2.75) is 33.1 Å². The summed E-state index contributed by atoms with van der Waals surface area (Å²) in [4.78, 5) is 40.4. The fourth-order valence-corrected chi connectivity index (χ4v) is 4.44. The number of carbonyl (C=O) groups is 3. The molecule has 0 unspecified atom stereocenters. The van der Waals surface area contributed by atoms with Crippen molar-refractivity contribution < 1.29 is 24.2 Å². The van der Waals surface area contributed by atoms with E-state index in [0.717, 1.165) is 0 Å². The molecular weight excluding hydrogens is 324 g/mol. The van der Waals surface area contributed by atoms with E-state index in [1.807, 2.05) is 18.7 Å². The van der Waals surface area contributed by atoms with E-state index < -0.39 is 11.4 Å². The number of likely N-dealkylation sites (tertiary alicyclic amines) is 2. The van der Waals surface area contributed by atoms with Crippen LogP contribution in [0.3, 0.4) is 0 Å². The highest BCUT2D eigenvalue weighted by Gasteiger charge is 2.55. The first-order chi connectivity index (χ1) is 11.8. The van der Waals surface area contributed by atoms with Gasteiger partial charge in [0.2, 0.25) is 11.8 Å². The van der Waals surface area contributed by atoms with E-state index >= 15 is 0 Å². The number of hydrogen-bond donors (Lipinski definition) is 1. The molecule has 0 radical (unpaired) electrons. The van der Waals surface area contributed by atoms with E-state index in [9.17, 15) is 19.5 Å². The molecule has 0 aromatic heterocycles. The Labute approximate surface area is 148 Å². The minimum atomic E-state index is -0.845. The summed E-state index contributed by atoms with van der Waals surface area (Å²) in [6.07, 6.45) is 1.79. The topological polar surface area (TPSA) is 87.2 Å². The van der Waals surface area contributed by atoms with Crippen molar-refractivity contribution in [1.82, 2.24) is 9.80 Å². The lowest BCUT2D eigenvalue weighted by Crippen LogP contribution is -2.46. The second kappa shape index (κ2) is 6.94. The van der Waals surface area contributed by atoms with Crippen LogP contribution in [0, 0.1) is 23.2 Å². The standard InChI is InChI=1S/C18H28N2O5/c1-12(2)15(21)19-6-3-13(4-7-19)16(22)20-9-14-10-25-8-5-18(14,11-20)17(23)24/h12-14H,3-11H2,1-2H3,(H,23,24)/t14-,18+/m0/s1. The maximum atomic E-state index is 12.9. The van der Waals surface area contributed by atoms with Gasteiger partial charge in [-0.05, 0) is 19.3 Å². The lowest BCUT2D eigenvalue weighted by molar-refractivity contribution is -0.157. The first kappa shape index (κ1) is 18.2. The fraction of sp³-hybridized carbons (Fsp3) is 0.833. The van der Waals surface area contributed by atoms with Crippen molar-refractivity contribution in [2.24, 2.45) is 23.2 Å². The lowest BCUT2D eigenvalue weighted by atomic mass is 9.74. The molecule has 0 spiro atoms. The van der Waals surface area contributed by atoms with Gasteiger partial charge in [-0.15, -0.1) is 0 Å². The molecule has 3 aliphatic rings. The maximum absolute atomic E-state index is 12.9. The highest BCUT2D eigenvalue weighted by molar-refractivity contribution is 5.83. The summed E-state index contributed by atoms with van der Waals surface area (Å²) in [7, 11) is 0. The summed E-state index contributed by atoms with van der Waals surface area (Å²) in [6.45, 7) is 6.61. The van der Waals surface area contributed by atoms with Gasteiger partial charge in [-0.25, -0.2) is 0 Å². The number of carboxylic acid groups (broad SMARTS) is 1. The van der Waals surface area contributed by atoms with Gasteiger partial charge in [0.15, 0.2) is 0 Å². The normalized spacial score (nSPS) is 30.4. The third-order valence-corrected chi connectivity index (χ3v) is 6.09. The zero-order valence-corrected chi connectivity index (χ0v) is 15.1. The second-order valence-electron chi connectivity index (χ2n) is 7.96. The number of rotatable bonds is 3. The van der Waals surface area contributed by atoms with E-state index in [1.54, 1.807) is 4.90 Å². The molecule has 3 aliphatic heterocycles. The van der Waals surface area contributed by atoms with E-state index in [4.69, 9.17) is 4.74 Å². The van der Waals surface area contributed by atoms with Crippen molar-refractivity contribution in [2.75, 3.05) is 39.4 Å². The molecule has 7 heteroatoms. The number of carbonyl (C=O) groups excluding carboxylic acids is 2. The van der Waals surface area contributed by atoms with E-state index in [2.05, 4.69) is 0 Å². The number of aliphatic carboxylic acids is 1. The number of piperidine rings is 1. The highest BCUT2D eigenvalue weighted by Crippen LogP contribution is 2.43. The summed E-state index contributed by atoms with van der Waals surface area (Å²) in [5.41, 5.74) is -0.845. The molecule has 2 amide bonds. The monoisotopic (exact) mass is 352 g/mol. The first-order valence-electron chi connectivity index (χ1n) is 9.24. The van der Waals surface area contributed by atoms with Gasteiger partial charge < -0.3 is 19.6 Å². The van der Waals surface area contributed by atoms with Gasteiger partial charge in [0, 0.05) is 50.5 Å². The number of carboxylic acids is 1. The Morgan fingerprint density at radius 1 is 1.16 bits per heavy atom. The molecule has 3 heterocycles. The van der Waals surface area contributed by atoms with Crippen LogP contribution in [-0.4, -0.2) is 72.1 Å². The van der Waals surface area contributed by atoms with Crippen LogP contribution >= 0.6 is 0 Å². The van der Waals surface area contributed by atoms with Crippen LogP contribution in [0.4, 0.5) is 0 Å². The predicted molar refractivity (Wildman–Crippen MR) is 89.7 cm³/mol. The summed E-state index contributed by atoms with van der Waals surface area (Å²) < 4.78 is 5.45. The third kappa shape index (κ3) is 3.26. The Morgan fingerprint density at radius 3 is 2.40 bits per heavy atom. The van der Waals surface area contributed by atoms with Crippen LogP contribution in [0.15, 0.2) is 0 Å². The van der Waals surface area contributed by atoms with Crippen LogP contribution in [0.1, 0.15) is 33.1 Å². The molecule has 0 aliphatic carbocycles. The molecule has 0 saturated carbocycles. The van der Waals surface area contributed by atoms with Gasteiger partial charge in [-0.1, -0.05) is 13.8 Å². The third-order valence-electron chi connectivity index (χ3n) is 6.09. The smallest absolute Gasteiger partial charge is 0.311 e. The maximum Gasteiger partial charge on any atom is 0.311 e. The molecule has 3 rings (SSSR count). The summed E-state index contributed by atoms with van der Waals surface area (Å²) in [6, 6.07) is 0. The molecule has 140 valence electrons. The van der Waals surface area contributed by atoms with Crippen LogP contribution in [0.2, 0.25) is 0 Å². The van der Waals surface area contributed by atoms with Crippen molar-refractivity contribution in [3.63, 3.8) is 0 Å². The molecule has 7 nitrogen and oxygen atoms in total. The van der Waals surface area contributed by atoms with Crippen LogP contribution in [-0.2, 0) is 19.1 Å². The van der Waals surface area contributed by atoms with E-state index in [1.165, 1.54) is 0 Å². The molecule has 0 aromatic rings. The zero-order valence-electron chi connectivity index (χ0n) is 15.1. The molecule has 25 heavy (non-hydrogen) atoms. The minimum absolute atomic E-state index is 0.0237. The number of amides is 2. The zero-order chi connectivity index (χ0) is 18.2. The number of hydrogen-bond acceptors (Lipinski definition) is 4.